The summed E-state index contributed by atoms with van der Waals surface area (Å²) in [6.45, 7) is 0. The summed E-state index contributed by atoms with van der Waals surface area (Å²) in [5, 5.41) is 4.66. The van der Waals surface area contributed by atoms with Gasteiger partial charge in [0.2, 0.25) is 0 Å². The first-order valence-corrected chi connectivity index (χ1v) is 21.5. The molecule has 10 aromatic carbocycles. The largest absolute Gasteiger partial charge is 0.454 e. The van der Waals surface area contributed by atoms with E-state index in [-0.39, 0.29) is 0 Å². The van der Waals surface area contributed by atoms with Crippen molar-refractivity contribution < 1.29 is 4.42 Å². The van der Waals surface area contributed by atoms with Crippen LogP contribution in [0, 0.1) is 0 Å². The van der Waals surface area contributed by atoms with E-state index in [9.17, 15) is 0 Å². The Bertz CT molecular complexity index is 3570. The van der Waals surface area contributed by atoms with Crippen LogP contribution < -0.4 is 4.90 Å². The lowest BCUT2D eigenvalue weighted by Crippen LogP contribution is -2.12. The van der Waals surface area contributed by atoms with E-state index in [1.807, 2.05) is 6.07 Å². The zero-order chi connectivity index (χ0) is 41.7. The van der Waals surface area contributed by atoms with Gasteiger partial charge in [-0.2, -0.15) is 0 Å². The molecule has 0 saturated carbocycles. The molecule has 0 fully saturated rings. The number of para-hydroxylation sites is 5. The average molecular weight is 805 g/mol. The molecule has 0 aliphatic heterocycles. The Hall–Kier alpha value is -8.40. The number of rotatable bonds is 8. The summed E-state index contributed by atoms with van der Waals surface area (Å²) in [4.78, 5) is 2.39. The van der Waals surface area contributed by atoms with Gasteiger partial charge in [-0.25, -0.2) is 0 Å². The number of hydrogen-bond donors (Lipinski definition) is 0. The molecule has 0 N–H and O–H groups in total. The second-order valence-electron chi connectivity index (χ2n) is 16.0. The maximum absolute atomic E-state index is 6.82. The Morgan fingerprint density at radius 2 is 0.857 bits per heavy atom. The molecule has 0 spiro atoms. The van der Waals surface area contributed by atoms with Crippen LogP contribution in [0.3, 0.4) is 0 Å². The molecule has 0 amide bonds. The lowest BCUT2D eigenvalue weighted by atomic mass is 9.86. The first kappa shape index (κ1) is 36.5. The lowest BCUT2D eigenvalue weighted by molar-refractivity contribution is 0.669. The van der Waals surface area contributed by atoms with Crippen molar-refractivity contribution in [2.45, 2.75) is 0 Å². The minimum absolute atomic E-state index is 0.840. The van der Waals surface area contributed by atoms with Crippen molar-refractivity contribution in [1.29, 1.82) is 0 Å². The van der Waals surface area contributed by atoms with E-state index in [0.29, 0.717) is 0 Å². The van der Waals surface area contributed by atoms with E-state index in [1.54, 1.807) is 0 Å². The molecule has 12 aromatic rings. The Morgan fingerprint density at radius 3 is 1.59 bits per heavy atom. The quantitative estimate of drug-likeness (QED) is 0.153. The van der Waals surface area contributed by atoms with Crippen LogP contribution in [0.1, 0.15) is 0 Å². The van der Waals surface area contributed by atoms with Gasteiger partial charge in [0.05, 0.1) is 22.4 Å². The molecule has 0 unspecified atom stereocenters. The maximum Gasteiger partial charge on any atom is 0.159 e. The molecule has 0 saturated heterocycles. The fourth-order valence-electron chi connectivity index (χ4n) is 9.56. The highest BCUT2D eigenvalue weighted by Crippen LogP contribution is 2.49. The summed E-state index contributed by atoms with van der Waals surface area (Å²) in [7, 11) is 0. The Balaban J connectivity index is 1.11. The Kier molecular flexibility index (Phi) is 8.83. The molecule has 0 aliphatic carbocycles. The van der Waals surface area contributed by atoms with E-state index >= 15 is 0 Å². The third-order valence-electron chi connectivity index (χ3n) is 12.4. The van der Waals surface area contributed by atoms with Crippen molar-refractivity contribution in [2.24, 2.45) is 0 Å². The van der Waals surface area contributed by atoms with Gasteiger partial charge in [0.1, 0.15) is 5.58 Å². The van der Waals surface area contributed by atoms with Gasteiger partial charge in [0.15, 0.2) is 5.58 Å². The SMILES string of the molecule is c1ccc(-c2ccc(-c3ccccc3-c3ccccc3)c(-c3ccccc3N(c3ccc(-n4c5ccccc5c5ccccc54)cc3)c3cccc4c3oc3ccccc34)c2)cc1. The molecule has 0 aliphatic rings. The molecule has 3 nitrogen and oxygen atoms in total. The predicted molar refractivity (Wildman–Crippen MR) is 264 cm³/mol. The third-order valence-corrected chi connectivity index (χ3v) is 12.4. The number of hydrogen-bond acceptors (Lipinski definition) is 2. The fourth-order valence-corrected chi connectivity index (χ4v) is 9.56. The molecule has 296 valence electrons. The normalized spacial score (nSPS) is 11.5. The zero-order valence-corrected chi connectivity index (χ0v) is 34.4. The van der Waals surface area contributed by atoms with Gasteiger partial charge < -0.3 is 13.9 Å². The van der Waals surface area contributed by atoms with Gasteiger partial charge >= 0.3 is 0 Å². The summed E-state index contributed by atoms with van der Waals surface area (Å²) in [6.07, 6.45) is 0. The van der Waals surface area contributed by atoms with E-state index < -0.39 is 0 Å². The van der Waals surface area contributed by atoms with E-state index in [0.717, 1.165) is 66.9 Å². The van der Waals surface area contributed by atoms with Crippen molar-refractivity contribution in [3.63, 3.8) is 0 Å². The standard InChI is InChI=1S/C60H40N2O/c1-3-18-41(19-4-1)43-34-39-48(47-23-8-7-22-46(47)42-20-5-2-6-21-42)54(40-43)51-26-11-15-31-57(51)62(58-32-17-28-53-52-27-12-16-33-59(52)63-60(53)58)45-37-35-44(36-38-45)61-55-29-13-9-24-49(55)50-25-10-14-30-56(50)61/h1-40H. The molecule has 0 atom stereocenters. The van der Waals surface area contributed by atoms with Gasteiger partial charge in [-0.1, -0.05) is 182 Å². The van der Waals surface area contributed by atoms with Crippen LogP contribution in [0.4, 0.5) is 17.1 Å². The van der Waals surface area contributed by atoms with Crippen molar-refractivity contribution in [3.8, 4) is 50.2 Å². The minimum atomic E-state index is 0.840. The smallest absolute Gasteiger partial charge is 0.159 e. The van der Waals surface area contributed by atoms with Gasteiger partial charge in [-0.15, -0.1) is 0 Å². The summed E-state index contributed by atoms with van der Waals surface area (Å²) < 4.78 is 9.19. The van der Waals surface area contributed by atoms with E-state index in [1.165, 1.54) is 44.1 Å². The number of nitrogens with zero attached hydrogens (tertiary/aromatic N) is 2. The average Bonchev–Trinajstić information content (AvgIpc) is 3.91. The van der Waals surface area contributed by atoms with Crippen LogP contribution in [0.2, 0.25) is 0 Å². The summed E-state index contributed by atoms with van der Waals surface area (Å²) in [5.74, 6) is 0. The first-order valence-electron chi connectivity index (χ1n) is 21.5. The number of fused-ring (bicyclic) bond motifs is 6. The fraction of sp³-hybridized carbons (Fsp3) is 0. The second kappa shape index (κ2) is 15.3. The van der Waals surface area contributed by atoms with E-state index in [4.69, 9.17) is 4.42 Å². The van der Waals surface area contributed by atoms with Crippen LogP contribution in [-0.2, 0) is 0 Å². The van der Waals surface area contributed by atoms with Gasteiger partial charge in [-0.3, -0.25) is 0 Å². The molecule has 63 heavy (non-hydrogen) atoms. The van der Waals surface area contributed by atoms with Gasteiger partial charge in [-0.05, 0) is 99.6 Å². The lowest BCUT2D eigenvalue weighted by Gasteiger charge is -2.29. The van der Waals surface area contributed by atoms with Crippen LogP contribution >= 0.6 is 0 Å². The molecular formula is C60H40N2O. The molecule has 2 heterocycles. The molecule has 3 heteroatoms. The van der Waals surface area contributed by atoms with Crippen molar-refractivity contribution in [1.82, 2.24) is 4.57 Å². The second-order valence-corrected chi connectivity index (χ2v) is 16.0. The highest BCUT2D eigenvalue weighted by Gasteiger charge is 2.24. The van der Waals surface area contributed by atoms with Crippen molar-refractivity contribution in [3.05, 3.63) is 243 Å². The maximum atomic E-state index is 6.82. The number of benzene rings is 10. The van der Waals surface area contributed by atoms with Crippen LogP contribution in [0.15, 0.2) is 247 Å². The minimum Gasteiger partial charge on any atom is -0.454 e. The molecule has 0 bridgehead atoms. The van der Waals surface area contributed by atoms with Gasteiger partial charge in [0.25, 0.3) is 0 Å². The summed E-state index contributed by atoms with van der Waals surface area (Å²) in [6, 6.07) is 87.1. The third kappa shape index (κ3) is 6.21. The zero-order valence-electron chi connectivity index (χ0n) is 34.4. The van der Waals surface area contributed by atoms with Gasteiger partial charge in [0, 0.05) is 38.5 Å². The summed E-state index contributed by atoms with van der Waals surface area (Å²) >= 11 is 0. The van der Waals surface area contributed by atoms with Crippen LogP contribution in [0.25, 0.3) is 93.9 Å². The highest BCUT2D eigenvalue weighted by atomic mass is 16.3. The molecule has 2 aromatic heterocycles. The number of furan rings is 1. The van der Waals surface area contributed by atoms with E-state index in [2.05, 4.69) is 246 Å². The molecular weight excluding hydrogens is 765 g/mol. The summed E-state index contributed by atoms with van der Waals surface area (Å²) in [5.41, 5.74) is 17.5. The molecule has 12 rings (SSSR count). The topological polar surface area (TPSA) is 21.3 Å². The highest BCUT2D eigenvalue weighted by molar-refractivity contribution is 6.12. The van der Waals surface area contributed by atoms with Crippen molar-refractivity contribution >= 4 is 60.8 Å². The van der Waals surface area contributed by atoms with Crippen molar-refractivity contribution in [2.75, 3.05) is 4.90 Å². The monoisotopic (exact) mass is 804 g/mol. The molecule has 0 radical (unpaired) electrons. The number of anilines is 3. The van der Waals surface area contributed by atoms with Crippen LogP contribution in [-0.4, -0.2) is 4.57 Å². The first-order chi connectivity index (χ1) is 31.3. The Morgan fingerprint density at radius 1 is 0.317 bits per heavy atom. The van der Waals surface area contributed by atoms with Crippen LogP contribution in [0.5, 0.6) is 0 Å². The number of aromatic nitrogens is 1. The Labute approximate surface area is 366 Å². The predicted octanol–water partition coefficient (Wildman–Crippen LogP) is 16.8.